The van der Waals surface area contributed by atoms with Crippen LogP contribution < -0.4 is 0 Å². The molecule has 0 heterocycles. The second-order valence-corrected chi connectivity index (χ2v) is 10.1. The van der Waals surface area contributed by atoms with Crippen molar-refractivity contribution in [1.29, 1.82) is 0 Å². The molecule has 140 valence electrons. The standard InChI is InChI=1S/C25H40/c1-17(2)21-14-16-25(6)15-13-18(3)7-10-22-19(4)8-11-23(22)20(5)9-12-24(21)25/h9-10,13,17,19,21,23-24H,7-8,11-12,14-16H2,1-6H3/b18-13+,20-9+,22-10?/t19-,21+,23+,24-,25-/m1/s1. The lowest BCUT2D eigenvalue weighted by Gasteiger charge is -2.35. The van der Waals surface area contributed by atoms with Gasteiger partial charge in [-0.2, -0.15) is 0 Å². The van der Waals surface area contributed by atoms with Gasteiger partial charge in [-0.25, -0.2) is 0 Å². The molecule has 0 N–H and O–H groups in total. The van der Waals surface area contributed by atoms with Gasteiger partial charge in [0.1, 0.15) is 0 Å². The molecule has 0 bridgehead atoms. The average Bonchev–Trinajstić information content (AvgIpc) is 3.09. The minimum absolute atomic E-state index is 0.502. The molecule has 2 fully saturated rings. The van der Waals surface area contributed by atoms with E-state index in [0.29, 0.717) is 5.41 Å². The van der Waals surface area contributed by atoms with Crippen molar-refractivity contribution in [2.24, 2.45) is 35.0 Å². The summed E-state index contributed by atoms with van der Waals surface area (Å²) in [5.74, 6) is 4.09. The maximum Gasteiger partial charge on any atom is 0.000714 e. The molecule has 0 aromatic rings. The van der Waals surface area contributed by atoms with Gasteiger partial charge in [-0.3, -0.25) is 0 Å². The summed E-state index contributed by atoms with van der Waals surface area (Å²) in [6.07, 6.45) is 17.2. The molecule has 0 radical (unpaired) electrons. The Kier molecular flexibility index (Phi) is 5.66. The summed E-state index contributed by atoms with van der Waals surface area (Å²) in [5.41, 5.74) is 5.48. The fourth-order valence-corrected chi connectivity index (χ4v) is 6.06. The molecule has 0 spiro atoms. The minimum Gasteiger partial charge on any atom is -0.0847 e. The zero-order chi connectivity index (χ0) is 18.2. The van der Waals surface area contributed by atoms with Gasteiger partial charge in [0.25, 0.3) is 0 Å². The van der Waals surface area contributed by atoms with Crippen molar-refractivity contribution in [3.8, 4) is 0 Å². The van der Waals surface area contributed by atoms with Crippen LogP contribution in [0.1, 0.15) is 86.5 Å². The van der Waals surface area contributed by atoms with Crippen molar-refractivity contribution >= 4 is 0 Å². The first-order chi connectivity index (χ1) is 11.8. The van der Waals surface area contributed by atoms with Gasteiger partial charge in [-0.05, 0) is 87.9 Å². The van der Waals surface area contributed by atoms with Gasteiger partial charge in [-0.15, -0.1) is 0 Å². The Morgan fingerprint density at radius 2 is 1.80 bits per heavy atom. The highest BCUT2D eigenvalue weighted by molar-refractivity contribution is 5.27. The van der Waals surface area contributed by atoms with E-state index in [1.807, 2.05) is 0 Å². The van der Waals surface area contributed by atoms with Crippen molar-refractivity contribution in [3.05, 3.63) is 34.9 Å². The normalized spacial score (nSPS) is 43.9. The molecule has 0 nitrogen and oxygen atoms in total. The summed E-state index contributed by atoms with van der Waals surface area (Å²) < 4.78 is 0. The molecule has 0 unspecified atom stereocenters. The maximum atomic E-state index is 2.65. The van der Waals surface area contributed by atoms with Crippen molar-refractivity contribution < 1.29 is 0 Å². The highest BCUT2D eigenvalue weighted by Gasteiger charge is 2.44. The van der Waals surface area contributed by atoms with Crippen LogP contribution >= 0.6 is 0 Å². The maximum absolute atomic E-state index is 2.65. The van der Waals surface area contributed by atoms with E-state index < -0.39 is 0 Å². The van der Waals surface area contributed by atoms with Crippen LogP contribution in [0.3, 0.4) is 0 Å². The Bertz CT molecular complexity index is 573. The molecule has 0 amide bonds. The molecular weight excluding hydrogens is 300 g/mol. The van der Waals surface area contributed by atoms with Crippen LogP contribution in [-0.4, -0.2) is 0 Å². The highest BCUT2D eigenvalue weighted by Crippen LogP contribution is 2.54. The fourth-order valence-electron chi connectivity index (χ4n) is 6.06. The molecule has 5 atom stereocenters. The molecule has 25 heavy (non-hydrogen) atoms. The van der Waals surface area contributed by atoms with Crippen LogP contribution in [0.4, 0.5) is 0 Å². The van der Waals surface area contributed by atoms with E-state index in [1.54, 1.807) is 16.7 Å². The summed E-state index contributed by atoms with van der Waals surface area (Å²) in [7, 11) is 0. The number of fused-ring (bicyclic) bond motifs is 2. The van der Waals surface area contributed by atoms with E-state index in [9.17, 15) is 0 Å². The Morgan fingerprint density at radius 1 is 1.04 bits per heavy atom. The van der Waals surface area contributed by atoms with Crippen molar-refractivity contribution in [3.63, 3.8) is 0 Å². The highest BCUT2D eigenvalue weighted by atomic mass is 14.5. The van der Waals surface area contributed by atoms with Crippen molar-refractivity contribution in [2.45, 2.75) is 86.5 Å². The Hall–Kier alpha value is -0.780. The first-order valence-electron chi connectivity index (χ1n) is 10.8. The minimum atomic E-state index is 0.502. The van der Waals surface area contributed by atoms with Gasteiger partial charge >= 0.3 is 0 Å². The third-order valence-corrected chi connectivity index (χ3v) is 8.00. The van der Waals surface area contributed by atoms with E-state index in [2.05, 4.69) is 59.8 Å². The van der Waals surface area contributed by atoms with E-state index >= 15 is 0 Å². The fraction of sp³-hybridized carbons (Fsp3) is 0.760. The summed E-state index contributed by atoms with van der Waals surface area (Å²) in [5, 5.41) is 0. The molecular formula is C25H40. The molecule has 2 saturated carbocycles. The van der Waals surface area contributed by atoms with Crippen molar-refractivity contribution in [2.75, 3.05) is 0 Å². The van der Waals surface area contributed by atoms with E-state index in [-0.39, 0.29) is 0 Å². The third-order valence-electron chi connectivity index (χ3n) is 8.00. The lowest BCUT2D eigenvalue weighted by Crippen LogP contribution is -2.27. The number of hydrogen-bond donors (Lipinski definition) is 0. The number of rotatable bonds is 1. The second kappa shape index (κ2) is 7.45. The van der Waals surface area contributed by atoms with Crippen LogP contribution in [0.2, 0.25) is 0 Å². The van der Waals surface area contributed by atoms with Gasteiger partial charge in [0, 0.05) is 5.92 Å². The summed E-state index contributed by atoms with van der Waals surface area (Å²) in [4.78, 5) is 0. The van der Waals surface area contributed by atoms with Crippen LogP contribution in [0.15, 0.2) is 34.9 Å². The topological polar surface area (TPSA) is 0 Å². The zero-order valence-electron chi connectivity index (χ0n) is 17.6. The van der Waals surface area contributed by atoms with Gasteiger partial charge in [-0.1, -0.05) is 62.6 Å². The average molecular weight is 341 g/mol. The molecule has 0 saturated heterocycles. The van der Waals surface area contributed by atoms with Crippen LogP contribution in [0.25, 0.3) is 0 Å². The predicted molar refractivity (Wildman–Crippen MR) is 110 cm³/mol. The summed E-state index contributed by atoms with van der Waals surface area (Å²) in [6, 6.07) is 0. The Labute approximate surface area is 156 Å². The van der Waals surface area contributed by atoms with Gasteiger partial charge < -0.3 is 0 Å². The third kappa shape index (κ3) is 3.83. The zero-order valence-corrected chi connectivity index (χ0v) is 17.6. The molecule has 0 heteroatoms. The Balaban J connectivity index is 1.95. The first kappa shape index (κ1) is 19.0. The van der Waals surface area contributed by atoms with Gasteiger partial charge in [0.2, 0.25) is 0 Å². The second-order valence-electron chi connectivity index (χ2n) is 10.1. The molecule has 0 aromatic heterocycles. The Morgan fingerprint density at radius 3 is 2.52 bits per heavy atom. The van der Waals surface area contributed by atoms with Crippen LogP contribution in [0, 0.1) is 35.0 Å². The largest absolute Gasteiger partial charge is 0.0847 e. The van der Waals surface area contributed by atoms with E-state index in [1.165, 1.54) is 38.5 Å². The van der Waals surface area contributed by atoms with Gasteiger partial charge in [0.15, 0.2) is 0 Å². The quantitative estimate of drug-likeness (QED) is 0.428. The SMILES string of the molecule is C/C1=C\C[C@]2(C)CC[C@@H](C(C)C)[C@H]2C/C=C(\C)[C@@H]2CC[C@@H](C)C2=CC1. The predicted octanol–water partition coefficient (Wildman–Crippen LogP) is 7.72. The number of allylic oxidation sites excluding steroid dienone is 6. The summed E-state index contributed by atoms with van der Waals surface area (Å²) in [6.45, 7) is 14.7. The molecule has 3 aliphatic carbocycles. The lowest BCUT2D eigenvalue weighted by molar-refractivity contribution is 0.170. The van der Waals surface area contributed by atoms with Gasteiger partial charge in [0.05, 0.1) is 0 Å². The smallest absolute Gasteiger partial charge is 0.000714 e. The van der Waals surface area contributed by atoms with Crippen LogP contribution in [0.5, 0.6) is 0 Å². The summed E-state index contributed by atoms with van der Waals surface area (Å²) >= 11 is 0. The van der Waals surface area contributed by atoms with E-state index in [0.717, 1.165) is 36.0 Å². The van der Waals surface area contributed by atoms with E-state index in [4.69, 9.17) is 0 Å². The molecule has 3 aliphatic rings. The monoisotopic (exact) mass is 340 g/mol. The van der Waals surface area contributed by atoms with Crippen LogP contribution in [-0.2, 0) is 0 Å². The number of hydrogen-bond acceptors (Lipinski definition) is 0. The lowest BCUT2D eigenvalue weighted by atomic mass is 9.70. The first-order valence-corrected chi connectivity index (χ1v) is 10.8. The van der Waals surface area contributed by atoms with Crippen molar-refractivity contribution in [1.82, 2.24) is 0 Å². The molecule has 0 aromatic carbocycles. The molecule has 3 rings (SSSR count). The molecule has 0 aliphatic heterocycles.